The molecule has 0 aliphatic rings. The van der Waals surface area contributed by atoms with Gasteiger partial charge in [0.05, 0.1) is 12.2 Å². The first kappa shape index (κ1) is 14.2. The highest BCUT2D eigenvalue weighted by atomic mass is 32.1. The van der Waals surface area contributed by atoms with Gasteiger partial charge in [0, 0.05) is 27.2 Å². The van der Waals surface area contributed by atoms with Crippen LogP contribution in [0.1, 0.15) is 21.8 Å². The average molecular weight is 303 g/mol. The van der Waals surface area contributed by atoms with Crippen molar-refractivity contribution >= 4 is 21.4 Å². The van der Waals surface area contributed by atoms with Gasteiger partial charge in [0.25, 0.3) is 0 Å². The van der Waals surface area contributed by atoms with Crippen LogP contribution in [0.3, 0.4) is 0 Å². The first-order chi connectivity index (χ1) is 10.1. The summed E-state index contributed by atoms with van der Waals surface area (Å²) in [5.74, 6) is -0.150. The summed E-state index contributed by atoms with van der Waals surface area (Å²) in [5, 5.41) is 8.41. The lowest BCUT2D eigenvalue weighted by Gasteiger charge is -2.07. The van der Waals surface area contributed by atoms with E-state index in [1.807, 2.05) is 37.7 Å². The molecular weight excluding hydrogens is 285 g/mol. The first-order valence-electron chi connectivity index (χ1n) is 6.94. The molecule has 5 heteroatoms. The molecule has 3 aromatic rings. The lowest BCUT2D eigenvalue weighted by Crippen LogP contribution is -2.09. The van der Waals surface area contributed by atoms with E-state index < -0.39 is 0 Å². The molecule has 0 unspecified atom stereocenters. The second-order valence-electron chi connectivity index (χ2n) is 5.23. The molecule has 0 bridgehead atoms. The molecule has 21 heavy (non-hydrogen) atoms. The number of halogens is 1. The smallest absolute Gasteiger partial charge is 0.132 e. The van der Waals surface area contributed by atoms with Crippen LogP contribution in [0.2, 0.25) is 0 Å². The fourth-order valence-corrected chi connectivity index (χ4v) is 3.91. The molecule has 0 aliphatic carbocycles. The molecule has 0 aliphatic heterocycles. The highest BCUT2D eigenvalue weighted by Gasteiger charge is 2.16. The van der Waals surface area contributed by atoms with Crippen LogP contribution < -0.4 is 5.32 Å². The van der Waals surface area contributed by atoms with E-state index in [1.54, 1.807) is 17.4 Å². The minimum absolute atomic E-state index is 0.150. The van der Waals surface area contributed by atoms with Crippen LogP contribution in [0.4, 0.5) is 4.39 Å². The van der Waals surface area contributed by atoms with Crippen molar-refractivity contribution in [3.63, 3.8) is 0 Å². The third-order valence-corrected chi connectivity index (χ3v) is 4.79. The fraction of sp³-hybridized carbons (Fsp3) is 0.312. The van der Waals surface area contributed by atoms with Gasteiger partial charge in [-0.15, -0.1) is 11.3 Å². The third kappa shape index (κ3) is 2.59. The number of nitrogens with one attached hydrogen (secondary N) is 1. The summed E-state index contributed by atoms with van der Waals surface area (Å²) in [4.78, 5) is 1.17. The Labute approximate surface area is 127 Å². The minimum Gasteiger partial charge on any atom is -0.315 e. The van der Waals surface area contributed by atoms with Crippen molar-refractivity contribution in [2.75, 3.05) is 7.05 Å². The zero-order valence-electron chi connectivity index (χ0n) is 12.4. The Morgan fingerprint density at radius 3 is 2.81 bits per heavy atom. The number of thiophene rings is 1. The van der Waals surface area contributed by atoms with Crippen LogP contribution in [0, 0.1) is 19.7 Å². The summed E-state index contributed by atoms with van der Waals surface area (Å²) in [6.07, 6.45) is 0. The molecule has 2 aromatic heterocycles. The summed E-state index contributed by atoms with van der Waals surface area (Å²) in [7, 11) is 1.91. The van der Waals surface area contributed by atoms with E-state index in [9.17, 15) is 4.39 Å². The van der Waals surface area contributed by atoms with E-state index in [0.717, 1.165) is 33.6 Å². The molecule has 0 amide bonds. The van der Waals surface area contributed by atoms with E-state index >= 15 is 0 Å². The van der Waals surface area contributed by atoms with E-state index in [0.29, 0.717) is 6.54 Å². The number of nitrogens with zero attached hydrogens (tertiary/aromatic N) is 2. The number of rotatable bonds is 4. The Morgan fingerprint density at radius 2 is 2.14 bits per heavy atom. The van der Waals surface area contributed by atoms with E-state index in [1.165, 1.54) is 10.9 Å². The van der Waals surface area contributed by atoms with Gasteiger partial charge in [-0.05, 0) is 44.7 Å². The number of hydrogen-bond acceptors (Lipinski definition) is 3. The lowest BCUT2D eigenvalue weighted by atomic mass is 10.1. The Kier molecular flexibility index (Phi) is 3.78. The number of hydrogen-bond donors (Lipinski definition) is 1. The predicted molar refractivity (Wildman–Crippen MR) is 85.3 cm³/mol. The number of benzene rings is 1. The fourth-order valence-electron chi connectivity index (χ4n) is 2.67. The maximum Gasteiger partial charge on any atom is 0.132 e. The molecule has 0 radical (unpaired) electrons. The normalized spacial score (nSPS) is 11.4. The summed E-state index contributed by atoms with van der Waals surface area (Å²) in [5.41, 5.74) is 3.12. The monoisotopic (exact) mass is 303 g/mol. The highest BCUT2D eigenvalue weighted by Crippen LogP contribution is 2.34. The van der Waals surface area contributed by atoms with Crippen LogP contribution in [-0.4, -0.2) is 16.8 Å². The summed E-state index contributed by atoms with van der Waals surface area (Å²) in [6, 6.07) is 7.32. The van der Waals surface area contributed by atoms with Gasteiger partial charge in [-0.1, -0.05) is 6.07 Å². The van der Waals surface area contributed by atoms with Crippen LogP contribution in [0.25, 0.3) is 10.1 Å². The molecule has 1 aromatic carbocycles. The van der Waals surface area contributed by atoms with Crippen LogP contribution in [-0.2, 0) is 13.1 Å². The number of aryl methyl sites for hydroxylation is 2. The first-order valence-corrected chi connectivity index (χ1v) is 7.76. The largest absolute Gasteiger partial charge is 0.315 e. The average Bonchev–Trinajstić information content (AvgIpc) is 2.93. The maximum atomic E-state index is 14.3. The van der Waals surface area contributed by atoms with Crippen LogP contribution in [0.5, 0.6) is 0 Å². The topological polar surface area (TPSA) is 29.9 Å². The second kappa shape index (κ2) is 5.58. The molecule has 0 saturated heterocycles. The zero-order valence-corrected chi connectivity index (χ0v) is 13.2. The van der Waals surface area contributed by atoms with Crippen molar-refractivity contribution in [1.82, 2.24) is 15.1 Å². The molecule has 3 rings (SSSR count). The molecule has 3 nitrogen and oxygen atoms in total. The molecule has 0 atom stereocenters. The van der Waals surface area contributed by atoms with Crippen molar-refractivity contribution < 1.29 is 4.39 Å². The minimum atomic E-state index is -0.150. The van der Waals surface area contributed by atoms with Crippen molar-refractivity contribution in [3.05, 3.63) is 51.9 Å². The summed E-state index contributed by atoms with van der Waals surface area (Å²) >= 11 is 1.65. The molecule has 0 fully saturated rings. The maximum absolute atomic E-state index is 14.3. The summed E-state index contributed by atoms with van der Waals surface area (Å²) < 4.78 is 17.2. The quantitative estimate of drug-likeness (QED) is 0.798. The van der Waals surface area contributed by atoms with Crippen molar-refractivity contribution in [2.45, 2.75) is 26.9 Å². The predicted octanol–water partition coefficient (Wildman–Crippen LogP) is 3.62. The van der Waals surface area contributed by atoms with Gasteiger partial charge in [0.1, 0.15) is 5.82 Å². The molecule has 0 spiro atoms. The Morgan fingerprint density at radius 1 is 1.33 bits per heavy atom. The summed E-state index contributed by atoms with van der Waals surface area (Å²) in [6.45, 7) is 5.36. The van der Waals surface area contributed by atoms with Crippen LogP contribution in [0.15, 0.2) is 24.3 Å². The Bertz CT molecular complexity index is 788. The van der Waals surface area contributed by atoms with Gasteiger partial charge < -0.3 is 5.32 Å². The van der Waals surface area contributed by atoms with Gasteiger partial charge in [-0.25, -0.2) is 4.39 Å². The number of aromatic nitrogens is 2. The molecule has 0 saturated carbocycles. The van der Waals surface area contributed by atoms with Gasteiger partial charge >= 0.3 is 0 Å². The van der Waals surface area contributed by atoms with Gasteiger partial charge in [0.2, 0.25) is 0 Å². The van der Waals surface area contributed by atoms with E-state index in [4.69, 9.17) is 0 Å². The molecular formula is C16H18FN3S. The van der Waals surface area contributed by atoms with Crippen molar-refractivity contribution in [2.24, 2.45) is 0 Å². The van der Waals surface area contributed by atoms with E-state index in [2.05, 4.69) is 10.4 Å². The Hall–Kier alpha value is -1.72. The van der Waals surface area contributed by atoms with Gasteiger partial charge in [-0.2, -0.15) is 5.10 Å². The standard InChI is InChI=1S/C16H18FN3S/c1-10-7-11(2)20(19-10)9-12-15(8-18-3)21-14-6-4-5-13(17)16(12)14/h4-7,18H,8-9H2,1-3H3. The number of fused-ring (bicyclic) bond motifs is 1. The zero-order chi connectivity index (χ0) is 15.0. The van der Waals surface area contributed by atoms with E-state index in [-0.39, 0.29) is 5.82 Å². The lowest BCUT2D eigenvalue weighted by molar-refractivity contribution is 0.630. The van der Waals surface area contributed by atoms with Crippen molar-refractivity contribution in [1.29, 1.82) is 0 Å². The SMILES string of the molecule is CNCc1sc2cccc(F)c2c1Cn1nc(C)cc1C. The van der Waals surface area contributed by atoms with Gasteiger partial charge in [0.15, 0.2) is 0 Å². The molecule has 1 N–H and O–H groups in total. The van der Waals surface area contributed by atoms with Crippen molar-refractivity contribution in [3.8, 4) is 0 Å². The third-order valence-electron chi connectivity index (χ3n) is 3.60. The van der Waals surface area contributed by atoms with Gasteiger partial charge in [-0.3, -0.25) is 4.68 Å². The Balaban J connectivity index is 2.14. The molecule has 2 heterocycles. The van der Waals surface area contributed by atoms with Crippen LogP contribution >= 0.6 is 11.3 Å². The molecule has 110 valence electrons. The second-order valence-corrected chi connectivity index (χ2v) is 6.37. The highest BCUT2D eigenvalue weighted by molar-refractivity contribution is 7.19.